The highest BCUT2D eigenvalue weighted by Gasteiger charge is 2.31. The van der Waals surface area contributed by atoms with Gasteiger partial charge in [0.25, 0.3) is 10.0 Å². The molecule has 5 nitrogen and oxygen atoms in total. The van der Waals surface area contributed by atoms with E-state index in [9.17, 15) is 8.42 Å². The Hall–Kier alpha value is -0.630. The fraction of sp³-hybridized carbons (Fsp3) is 0.667. The quantitative estimate of drug-likeness (QED) is 0.902. The molecule has 0 aromatic carbocycles. The third-order valence-corrected chi connectivity index (χ3v) is 7.07. The Labute approximate surface area is 118 Å². The number of rotatable bonds is 4. The van der Waals surface area contributed by atoms with Crippen molar-refractivity contribution in [1.82, 2.24) is 9.21 Å². The summed E-state index contributed by atoms with van der Waals surface area (Å²) < 4.78 is 26.8. The summed E-state index contributed by atoms with van der Waals surface area (Å²) in [7, 11) is -3.33. The predicted molar refractivity (Wildman–Crippen MR) is 76.7 cm³/mol. The summed E-state index contributed by atoms with van der Waals surface area (Å²) in [6.07, 6.45) is 2.68. The molecule has 0 bridgehead atoms. The maximum atomic E-state index is 12.4. The Bertz CT molecular complexity index is 543. The van der Waals surface area contributed by atoms with Crippen molar-refractivity contribution in [3.05, 3.63) is 11.4 Å². The molecule has 3 rings (SSSR count). The normalized spacial score (nSPS) is 22.7. The van der Waals surface area contributed by atoms with E-state index in [2.05, 4.69) is 4.90 Å². The van der Waals surface area contributed by atoms with E-state index in [-0.39, 0.29) is 0 Å². The molecule has 0 spiro atoms. The Kier molecular flexibility index (Phi) is 3.55. The van der Waals surface area contributed by atoms with Gasteiger partial charge < -0.3 is 10.6 Å². The molecular weight excluding hydrogens is 282 g/mol. The van der Waals surface area contributed by atoms with E-state index in [1.165, 1.54) is 24.2 Å². The molecule has 0 unspecified atom stereocenters. The van der Waals surface area contributed by atoms with Gasteiger partial charge in [-0.15, -0.1) is 11.3 Å². The molecule has 7 heteroatoms. The van der Waals surface area contributed by atoms with Gasteiger partial charge in [0.05, 0.1) is 0 Å². The average Bonchev–Trinajstić information content (AvgIpc) is 3.08. The van der Waals surface area contributed by atoms with E-state index in [1.54, 1.807) is 15.8 Å². The first-order valence-electron chi connectivity index (χ1n) is 6.62. The van der Waals surface area contributed by atoms with Gasteiger partial charge in [0.1, 0.15) is 4.21 Å². The second-order valence-electron chi connectivity index (χ2n) is 5.35. The number of hydrogen-bond donors (Lipinski definition) is 1. The van der Waals surface area contributed by atoms with Crippen molar-refractivity contribution in [3.8, 4) is 0 Å². The van der Waals surface area contributed by atoms with Crippen LogP contribution in [0.2, 0.25) is 0 Å². The standard InChI is InChI=1S/C12H19N3O2S2/c13-11-7-12(18-9-11)19(16,17)15-5-3-14(4-6-15)8-10-1-2-10/h7,9-10H,1-6,8,13H2. The molecule has 0 atom stereocenters. The highest BCUT2D eigenvalue weighted by molar-refractivity contribution is 7.91. The van der Waals surface area contributed by atoms with Crippen LogP contribution < -0.4 is 5.73 Å². The van der Waals surface area contributed by atoms with Crippen LogP contribution in [-0.4, -0.2) is 50.3 Å². The monoisotopic (exact) mass is 301 g/mol. The summed E-state index contributed by atoms with van der Waals surface area (Å²) in [5.74, 6) is 0.861. The van der Waals surface area contributed by atoms with Gasteiger partial charge in [-0.2, -0.15) is 4.31 Å². The van der Waals surface area contributed by atoms with Crippen molar-refractivity contribution < 1.29 is 8.42 Å². The number of anilines is 1. The van der Waals surface area contributed by atoms with Gasteiger partial charge in [0.15, 0.2) is 0 Å². The number of sulfonamides is 1. The fourth-order valence-corrected chi connectivity index (χ4v) is 5.07. The summed E-state index contributed by atoms with van der Waals surface area (Å²) in [6, 6.07) is 1.55. The summed E-state index contributed by atoms with van der Waals surface area (Å²) in [4.78, 5) is 2.38. The van der Waals surface area contributed by atoms with Gasteiger partial charge in [-0.25, -0.2) is 8.42 Å². The van der Waals surface area contributed by atoms with Gasteiger partial charge in [-0.05, 0) is 24.8 Å². The molecule has 1 saturated heterocycles. The van der Waals surface area contributed by atoms with Gasteiger partial charge in [-0.1, -0.05) is 0 Å². The summed E-state index contributed by atoms with van der Waals surface area (Å²) >= 11 is 1.20. The minimum absolute atomic E-state index is 0.362. The number of hydrogen-bond acceptors (Lipinski definition) is 5. The minimum Gasteiger partial charge on any atom is -0.398 e. The summed E-state index contributed by atoms with van der Waals surface area (Å²) in [6.45, 7) is 4.01. The van der Waals surface area contributed by atoms with E-state index in [4.69, 9.17) is 5.73 Å². The van der Waals surface area contributed by atoms with Gasteiger partial charge in [0.2, 0.25) is 0 Å². The highest BCUT2D eigenvalue weighted by atomic mass is 32.2. The second-order valence-corrected chi connectivity index (χ2v) is 8.42. The molecule has 2 N–H and O–H groups in total. The Balaban J connectivity index is 1.63. The Morgan fingerprint density at radius 1 is 1.26 bits per heavy atom. The van der Waals surface area contributed by atoms with Crippen molar-refractivity contribution in [2.24, 2.45) is 5.92 Å². The lowest BCUT2D eigenvalue weighted by atomic mass is 10.3. The van der Waals surface area contributed by atoms with Crippen molar-refractivity contribution >= 4 is 27.0 Å². The van der Waals surface area contributed by atoms with Crippen LogP contribution in [0.25, 0.3) is 0 Å². The molecule has 1 aromatic rings. The van der Waals surface area contributed by atoms with Crippen LogP contribution >= 0.6 is 11.3 Å². The van der Waals surface area contributed by atoms with Crippen molar-refractivity contribution in [2.45, 2.75) is 17.1 Å². The van der Waals surface area contributed by atoms with Crippen molar-refractivity contribution in [1.29, 1.82) is 0 Å². The highest BCUT2D eigenvalue weighted by Crippen LogP contribution is 2.30. The van der Waals surface area contributed by atoms with E-state index in [1.807, 2.05) is 0 Å². The Morgan fingerprint density at radius 3 is 2.47 bits per heavy atom. The number of nitrogen functional groups attached to an aromatic ring is 1. The Morgan fingerprint density at radius 2 is 1.95 bits per heavy atom. The SMILES string of the molecule is Nc1csc(S(=O)(=O)N2CCN(CC3CC3)CC2)c1. The van der Waals surface area contributed by atoms with Gasteiger partial charge >= 0.3 is 0 Å². The molecule has 0 amide bonds. The second kappa shape index (κ2) is 5.05. The summed E-state index contributed by atoms with van der Waals surface area (Å²) in [5.41, 5.74) is 6.13. The largest absolute Gasteiger partial charge is 0.398 e. The molecule has 19 heavy (non-hydrogen) atoms. The maximum Gasteiger partial charge on any atom is 0.252 e. The fourth-order valence-electron chi connectivity index (χ4n) is 2.41. The lowest BCUT2D eigenvalue weighted by molar-refractivity contribution is 0.182. The molecule has 2 aliphatic rings. The molecule has 1 aliphatic carbocycles. The average molecular weight is 301 g/mol. The van der Waals surface area contributed by atoms with Crippen LogP contribution in [0.3, 0.4) is 0 Å². The van der Waals surface area contributed by atoms with Crippen LogP contribution in [0, 0.1) is 5.92 Å². The third kappa shape index (κ3) is 2.94. The zero-order chi connectivity index (χ0) is 13.5. The maximum absolute atomic E-state index is 12.4. The van der Waals surface area contributed by atoms with Crippen LogP contribution in [0.1, 0.15) is 12.8 Å². The first kappa shape index (κ1) is 13.4. The first-order valence-corrected chi connectivity index (χ1v) is 8.94. The summed E-state index contributed by atoms with van der Waals surface area (Å²) in [5, 5.41) is 1.68. The number of thiophene rings is 1. The molecule has 106 valence electrons. The molecule has 1 aromatic heterocycles. The molecule has 1 saturated carbocycles. The lowest BCUT2D eigenvalue weighted by Crippen LogP contribution is -2.48. The third-order valence-electron chi connectivity index (χ3n) is 3.73. The van der Waals surface area contributed by atoms with Crippen molar-refractivity contribution in [3.63, 3.8) is 0 Å². The molecule has 2 fully saturated rings. The van der Waals surface area contributed by atoms with Crippen LogP contribution in [0.4, 0.5) is 5.69 Å². The van der Waals surface area contributed by atoms with E-state index in [0.29, 0.717) is 23.0 Å². The molecule has 2 heterocycles. The lowest BCUT2D eigenvalue weighted by Gasteiger charge is -2.33. The predicted octanol–water partition coefficient (Wildman–Crippen LogP) is 1.05. The topological polar surface area (TPSA) is 66.6 Å². The number of nitrogens with two attached hydrogens (primary N) is 1. The smallest absolute Gasteiger partial charge is 0.252 e. The first-order chi connectivity index (χ1) is 9.05. The molecule has 0 radical (unpaired) electrons. The minimum atomic E-state index is -3.33. The number of nitrogens with zero attached hydrogens (tertiary/aromatic N) is 2. The zero-order valence-corrected chi connectivity index (χ0v) is 12.4. The van der Waals surface area contributed by atoms with Crippen LogP contribution in [0.15, 0.2) is 15.7 Å². The van der Waals surface area contributed by atoms with E-state index < -0.39 is 10.0 Å². The van der Waals surface area contributed by atoms with Gasteiger partial charge in [-0.3, -0.25) is 0 Å². The van der Waals surface area contributed by atoms with Crippen LogP contribution in [0.5, 0.6) is 0 Å². The molecule has 1 aliphatic heterocycles. The van der Waals surface area contributed by atoms with Gasteiger partial charge in [0, 0.05) is 43.8 Å². The zero-order valence-electron chi connectivity index (χ0n) is 10.8. The van der Waals surface area contributed by atoms with E-state index >= 15 is 0 Å². The van der Waals surface area contributed by atoms with Crippen molar-refractivity contribution in [2.75, 3.05) is 38.5 Å². The van der Waals surface area contributed by atoms with E-state index in [0.717, 1.165) is 25.6 Å². The number of piperazine rings is 1. The van der Waals surface area contributed by atoms with Crippen LogP contribution in [-0.2, 0) is 10.0 Å². The molecular formula is C12H19N3O2S2.